The second-order valence-corrected chi connectivity index (χ2v) is 5.79. The summed E-state index contributed by atoms with van der Waals surface area (Å²) in [7, 11) is -3.86. The number of hydrogen-bond donors (Lipinski definition) is 0. The van der Waals surface area contributed by atoms with E-state index in [0.29, 0.717) is 31.4 Å². The van der Waals surface area contributed by atoms with Crippen LogP contribution in [0.25, 0.3) is 0 Å². The highest BCUT2D eigenvalue weighted by Gasteiger charge is 2.15. The first-order valence-corrected chi connectivity index (χ1v) is 7.92. The van der Waals surface area contributed by atoms with Gasteiger partial charge in [-0.2, -0.15) is 13.7 Å². The van der Waals surface area contributed by atoms with Crippen molar-refractivity contribution in [3.63, 3.8) is 0 Å². The smallest absolute Gasteiger partial charge is 0.265 e. The highest BCUT2D eigenvalue weighted by Crippen LogP contribution is 2.13. The lowest BCUT2D eigenvalue weighted by Crippen LogP contribution is -2.06. The predicted molar refractivity (Wildman–Crippen MR) is 76.5 cm³/mol. The lowest BCUT2D eigenvalue weighted by molar-refractivity contribution is 0.336. The average Bonchev–Trinajstić information content (AvgIpc) is 2.46. The van der Waals surface area contributed by atoms with E-state index in [1.165, 1.54) is 12.1 Å². The Labute approximate surface area is 120 Å². The summed E-state index contributed by atoms with van der Waals surface area (Å²) >= 11 is 0. The summed E-state index contributed by atoms with van der Waals surface area (Å²) in [6, 6.07) is 9.94. The molecule has 0 saturated carbocycles. The SMILES string of the molecule is CCC/C(CCCC#N)=N\OS(=O)(=O)c1ccccc1. The monoisotopic (exact) mass is 294 g/mol. The summed E-state index contributed by atoms with van der Waals surface area (Å²) in [4.78, 5) is 0.0802. The minimum atomic E-state index is -3.86. The largest absolute Gasteiger partial charge is 0.358 e. The zero-order chi connectivity index (χ0) is 14.8. The van der Waals surface area contributed by atoms with E-state index < -0.39 is 10.1 Å². The third kappa shape index (κ3) is 5.41. The molecule has 0 bridgehead atoms. The van der Waals surface area contributed by atoms with Gasteiger partial charge in [0.15, 0.2) is 0 Å². The first-order chi connectivity index (χ1) is 9.60. The third-order valence-electron chi connectivity index (χ3n) is 2.59. The second-order valence-electron chi connectivity index (χ2n) is 4.26. The summed E-state index contributed by atoms with van der Waals surface area (Å²) < 4.78 is 28.5. The molecule has 1 rings (SSSR count). The number of rotatable bonds is 8. The van der Waals surface area contributed by atoms with Gasteiger partial charge in [0.05, 0.1) is 11.8 Å². The zero-order valence-electron chi connectivity index (χ0n) is 11.4. The van der Waals surface area contributed by atoms with Crippen molar-refractivity contribution in [3.8, 4) is 6.07 Å². The molecule has 20 heavy (non-hydrogen) atoms. The zero-order valence-corrected chi connectivity index (χ0v) is 12.3. The van der Waals surface area contributed by atoms with Gasteiger partial charge in [0.25, 0.3) is 0 Å². The molecule has 0 fully saturated rings. The maximum atomic E-state index is 11.9. The van der Waals surface area contributed by atoms with Crippen molar-refractivity contribution in [3.05, 3.63) is 30.3 Å². The van der Waals surface area contributed by atoms with E-state index in [4.69, 9.17) is 9.55 Å². The van der Waals surface area contributed by atoms with E-state index in [2.05, 4.69) is 5.16 Å². The van der Waals surface area contributed by atoms with Crippen LogP contribution in [0.4, 0.5) is 0 Å². The van der Waals surface area contributed by atoms with Crippen LogP contribution in [-0.2, 0) is 14.4 Å². The van der Waals surface area contributed by atoms with E-state index in [9.17, 15) is 8.42 Å². The molecule has 0 heterocycles. The molecule has 0 aromatic heterocycles. The van der Waals surface area contributed by atoms with Gasteiger partial charge in [-0.25, -0.2) is 0 Å². The van der Waals surface area contributed by atoms with Crippen LogP contribution < -0.4 is 0 Å². The van der Waals surface area contributed by atoms with Crippen LogP contribution in [0, 0.1) is 11.3 Å². The van der Waals surface area contributed by atoms with Crippen LogP contribution >= 0.6 is 0 Å². The van der Waals surface area contributed by atoms with Gasteiger partial charge in [-0.1, -0.05) is 36.7 Å². The van der Waals surface area contributed by atoms with E-state index in [-0.39, 0.29) is 4.90 Å². The first-order valence-electron chi connectivity index (χ1n) is 6.51. The predicted octanol–water partition coefficient (Wildman–Crippen LogP) is 3.24. The molecule has 0 atom stereocenters. The topological polar surface area (TPSA) is 79.5 Å². The van der Waals surface area contributed by atoms with Gasteiger partial charge in [-0.05, 0) is 31.4 Å². The van der Waals surface area contributed by atoms with Crippen LogP contribution in [0.1, 0.15) is 39.0 Å². The Balaban J connectivity index is 2.73. The molecule has 1 aromatic rings. The number of nitriles is 1. The Morgan fingerprint density at radius 2 is 2.00 bits per heavy atom. The standard InChI is InChI=1S/C14H18N2O3S/c1-2-8-13(9-6-7-12-15)16-19-20(17,18)14-10-4-3-5-11-14/h3-5,10-11H,2,6-9H2,1H3/b16-13+. The van der Waals surface area contributed by atoms with Crippen LogP contribution in [0.2, 0.25) is 0 Å². The fraction of sp³-hybridized carbons (Fsp3) is 0.429. The van der Waals surface area contributed by atoms with E-state index in [0.717, 1.165) is 6.42 Å². The molecule has 0 N–H and O–H groups in total. The molecular formula is C14H18N2O3S. The number of unbranched alkanes of at least 4 members (excludes halogenated alkanes) is 1. The summed E-state index contributed by atoms with van der Waals surface area (Å²) in [6.45, 7) is 1.98. The Bertz CT molecular complexity index is 574. The Morgan fingerprint density at radius 1 is 1.30 bits per heavy atom. The van der Waals surface area contributed by atoms with Crippen molar-refractivity contribution in [2.75, 3.05) is 0 Å². The molecule has 0 aliphatic rings. The molecule has 0 aliphatic heterocycles. The second kappa shape index (κ2) is 8.33. The average molecular weight is 294 g/mol. The fourth-order valence-electron chi connectivity index (χ4n) is 1.61. The minimum absolute atomic E-state index is 0.0802. The maximum Gasteiger partial charge on any atom is 0.358 e. The Morgan fingerprint density at radius 3 is 2.60 bits per heavy atom. The van der Waals surface area contributed by atoms with Crippen LogP contribution in [-0.4, -0.2) is 14.1 Å². The van der Waals surface area contributed by atoms with E-state index in [1.54, 1.807) is 18.2 Å². The Kier molecular flexibility index (Phi) is 6.74. The highest BCUT2D eigenvalue weighted by atomic mass is 32.2. The van der Waals surface area contributed by atoms with Gasteiger partial charge >= 0.3 is 10.1 Å². The maximum absolute atomic E-state index is 11.9. The lowest BCUT2D eigenvalue weighted by Gasteiger charge is -2.05. The first kappa shape index (κ1) is 16.2. The van der Waals surface area contributed by atoms with Gasteiger partial charge < -0.3 is 0 Å². The molecule has 0 saturated heterocycles. The molecule has 0 aliphatic carbocycles. The van der Waals surface area contributed by atoms with E-state index >= 15 is 0 Å². The van der Waals surface area contributed by atoms with Gasteiger partial charge in [0, 0.05) is 6.42 Å². The number of benzene rings is 1. The molecule has 0 spiro atoms. The van der Waals surface area contributed by atoms with Crippen molar-refractivity contribution >= 4 is 15.8 Å². The van der Waals surface area contributed by atoms with E-state index in [1.807, 2.05) is 13.0 Å². The molecule has 6 heteroatoms. The number of oxime groups is 1. The number of hydrogen-bond acceptors (Lipinski definition) is 5. The van der Waals surface area contributed by atoms with Crippen molar-refractivity contribution in [2.24, 2.45) is 5.16 Å². The van der Waals surface area contributed by atoms with Crippen molar-refractivity contribution in [1.29, 1.82) is 5.26 Å². The quantitative estimate of drug-likeness (QED) is 0.419. The van der Waals surface area contributed by atoms with Crippen LogP contribution in [0.15, 0.2) is 40.4 Å². The normalized spacial score (nSPS) is 11.9. The molecule has 0 radical (unpaired) electrons. The summed E-state index contributed by atoms with van der Waals surface area (Å²) in [5.74, 6) is 0. The number of nitrogens with zero attached hydrogens (tertiary/aromatic N) is 2. The van der Waals surface area contributed by atoms with Crippen molar-refractivity contribution in [2.45, 2.75) is 43.9 Å². The fourth-order valence-corrected chi connectivity index (χ4v) is 2.39. The van der Waals surface area contributed by atoms with Gasteiger partial charge in [-0.3, -0.25) is 4.28 Å². The third-order valence-corrected chi connectivity index (χ3v) is 3.71. The van der Waals surface area contributed by atoms with Crippen LogP contribution in [0.5, 0.6) is 0 Å². The minimum Gasteiger partial charge on any atom is -0.265 e. The highest BCUT2D eigenvalue weighted by molar-refractivity contribution is 7.86. The Hall–Kier alpha value is -1.87. The van der Waals surface area contributed by atoms with Gasteiger partial charge in [0.2, 0.25) is 0 Å². The summed E-state index contributed by atoms with van der Waals surface area (Å²) in [5.41, 5.74) is 0.669. The summed E-state index contributed by atoms with van der Waals surface area (Å²) in [6.07, 6.45) is 3.17. The molecule has 108 valence electrons. The molecular weight excluding hydrogens is 276 g/mol. The molecule has 5 nitrogen and oxygen atoms in total. The van der Waals surface area contributed by atoms with Crippen LogP contribution in [0.3, 0.4) is 0 Å². The summed E-state index contributed by atoms with van der Waals surface area (Å²) in [5, 5.41) is 12.3. The molecule has 0 amide bonds. The van der Waals surface area contributed by atoms with Crippen molar-refractivity contribution in [1.82, 2.24) is 0 Å². The van der Waals surface area contributed by atoms with Gasteiger partial charge in [-0.15, -0.1) is 0 Å². The molecule has 1 aromatic carbocycles. The lowest BCUT2D eigenvalue weighted by atomic mass is 10.1. The van der Waals surface area contributed by atoms with Crippen molar-refractivity contribution < 1.29 is 12.7 Å². The molecule has 0 unspecified atom stereocenters. The van der Waals surface area contributed by atoms with Gasteiger partial charge in [0.1, 0.15) is 4.90 Å².